The zero-order valence-corrected chi connectivity index (χ0v) is 23.6. The molecular weight excluding hydrogens is 500 g/mol. The van der Waals surface area contributed by atoms with Crippen molar-refractivity contribution in [3.8, 4) is 16.9 Å². The van der Waals surface area contributed by atoms with Crippen LogP contribution < -0.4 is 4.74 Å². The van der Waals surface area contributed by atoms with Crippen LogP contribution in [0.3, 0.4) is 0 Å². The Labute approximate surface area is 232 Å². The molecule has 39 heavy (non-hydrogen) atoms. The van der Waals surface area contributed by atoms with E-state index < -0.39 is 23.3 Å². The number of halogens is 4. The summed E-state index contributed by atoms with van der Waals surface area (Å²) in [7, 11) is 0. The highest BCUT2D eigenvalue weighted by molar-refractivity contribution is 5.66. The maximum absolute atomic E-state index is 14.9. The summed E-state index contributed by atoms with van der Waals surface area (Å²) in [6.45, 7) is 4.38. The van der Waals surface area contributed by atoms with Gasteiger partial charge in [0, 0.05) is 11.1 Å². The van der Waals surface area contributed by atoms with Gasteiger partial charge in [-0.3, -0.25) is 0 Å². The molecule has 0 saturated heterocycles. The molecule has 0 spiro atoms. The third kappa shape index (κ3) is 7.46. The second-order valence-electron chi connectivity index (χ2n) is 11.7. The van der Waals surface area contributed by atoms with Crippen molar-refractivity contribution in [3.63, 3.8) is 0 Å². The van der Waals surface area contributed by atoms with Gasteiger partial charge in [0.05, 0.1) is 6.61 Å². The third-order valence-electron chi connectivity index (χ3n) is 9.02. The average molecular weight is 545 g/mol. The van der Waals surface area contributed by atoms with Crippen LogP contribution in [0.5, 0.6) is 5.75 Å². The van der Waals surface area contributed by atoms with E-state index in [9.17, 15) is 17.6 Å². The predicted octanol–water partition coefficient (Wildman–Crippen LogP) is 10.6. The third-order valence-corrected chi connectivity index (χ3v) is 9.02. The molecule has 2 aliphatic carbocycles. The Balaban J connectivity index is 1.27. The first-order valence-corrected chi connectivity index (χ1v) is 15.2. The smallest absolute Gasteiger partial charge is 0.201 e. The van der Waals surface area contributed by atoms with Crippen LogP contribution in [-0.2, 0) is 6.42 Å². The van der Waals surface area contributed by atoms with E-state index in [1.54, 1.807) is 0 Å². The first-order valence-electron chi connectivity index (χ1n) is 15.2. The summed E-state index contributed by atoms with van der Waals surface area (Å²) in [6.07, 6.45) is 19.4. The number of ether oxygens (including phenoxy) is 1. The molecule has 0 aliphatic heterocycles. The highest BCUT2D eigenvalue weighted by Gasteiger charge is 2.30. The van der Waals surface area contributed by atoms with E-state index in [1.807, 2.05) is 6.92 Å². The summed E-state index contributed by atoms with van der Waals surface area (Å²) in [6, 6.07) is 5.29. The van der Waals surface area contributed by atoms with E-state index in [4.69, 9.17) is 4.74 Å². The Morgan fingerprint density at radius 2 is 1.33 bits per heavy atom. The molecule has 0 atom stereocenters. The minimum Gasteiger partial charge on any atom is -0.490 e. The standard InChI is InChI=1S/C34H44F4O/c1-3-7-23-10-14-25(15-11-23)26-16-12-24(13-17-26)8-5-6-9-27-18-19-28(32(36)31(27)35)29-20-21-30(39-22-4-2)34(38)33(29)37/h5,8,18-21,23-26H,3-4,6-7,9-17,22H2,1-2H3/b8-5+. The highest BCUT2D eigenvalue weighted by atomic mass is 19.2. The van der Waals surface area contributed by atoms with Crippen molar-refractivity contribution in [2.45, 2.75) is 97.3 Å². The van der Waals surface area contributed by atoms with Gasteiger partial charge in [-0.05, 0) is 99.2 Å². The summed E-state index contributed by atoms with van der Waals surface area (Å²) >= 11 is 0. The van der Waals surface area contributed by atoms with Gasteiger partial charge in [-0.2, -0.15) is 4.39 Å². The lowest BCUT2D eigenvalue weighted by Gasteiger charge is -2.37. The van der Waals surface area contributed by atoms with Gasteiger partial charge in [0.15, 0.2) is 23.2 Å². The zero-order chi connectivity index (χ0) is 27.8. The van der Waals surface area contributed by atoms with Gasteiger partial charge in [-0.1, -0.05) is 63.8 Å². The second kappa shape index (κ2) is 14.4. The normalized spacial score (nSPS) is 23.8. The van der Waals surface area contributed by atoms with Crippen LogP contribution in [0.25, 0.3) is 11.1 Å². The summed E-state index contributed by atoms with van der Waals surface area (Å²) in [5.74, 6) is -1.48. The van der Waals surface area contributed by atoms with Gasteiger partial charge in [0.2, 0.25) is 5.82 Å². The lowest BCUT2D eigenvalue weighted by atomic mass is 9.68. The first-order chi connectivity index (χ1) is 18.9. The molecule has 0 amide bonds. The van der Waals surface area contributed by atoms with Crippen molar-refractivity contribution in [3.05, 3.63) is 65.2 Å². The van der Waals surface area contributed by atoms with Crippen LogP contribution in [0.15, 0.2) is 36.4 Å². The number of hydrogen-bond donors (Lipinski definition) is 0. The highest BCUT2D eigenvalue weighted by Crippen LogP contribution is 2.42. The zero-order valence-electron chi connectivity index (χ0n) is 23.6. The van der Waals surface area contributed by atoms with Crippen molar-refractivity contribution in [1.29, 1.82) is 0 Å². The first kappa shape index (κ1) is 29.7. The maximum Gasteiger partial charge on any atom is 0.201 e. The Kier molecular flexibility index (Phi) is 10.9. The lowest BCUT2D eigenvalue weighted by Crippen LogP contribution is -2.25. The monoisotopic (exact) mass is 544 g/mol. The number of aryl methyl sites for hydroxylation is 1. The minimum absolute atomic E-state index is 0.231. The maximum atomic E-state index is 14.9. The number of allylic oxidation sites excluding steroid dienone is 2. The van der Waals surface area contributed by atoms with E-state index in [0.717, 1.165) is 17.8 Å². The fourth-order valence-electron chi connectivity index (χ4n) is 6.75. The van der Waals surface area contributed by atoms with E-state index in [2.05, 4.69) is 19.1 Å². The van der Waals surface area contributed by atoms with Crippen LogP contribution in [0.1, 0.15) is 96.5 Å². The fraction of sp³-hybridized carbons (Fsp3) is 0.588. The van der Waals surface area contributed by atoms with Crippen molar-refractivity contribution in [2.24, 2.45) is 23.7 Å². The van der Waals surface area contributed by atoms with Crippen molar-refractivity contribution >= 4 is 0 Å². The Hall–Kier alpha value is -2.30. The molecule has 0 aromatic heterocycles. The van der Waals surface area contributed by atoms with Crippen LogP contribution in [0.4, 0.5) is 17.6 Å². The molecule has 5 heteroatoms. The molecule has 0 N–H and O–H groups in total. The molecule has 2 fully saturated rings. The quantitative estimate of drug-likeness (QED) is 0.202. The Morgan fingerprint density at radius 1 is 0.718 bits per heavy atom. The molecule has 2 aromatic rings. The van der Waals surface area contributed by atoms with Crippen LogP contribution >= 0.6 is 0 Å². The van der Waals surface area contributed by atoms with Gasteiger partial charge in [-0.25, -0.2) is 13.2 Å². The van der Waals surface area contributed by atoms with E-state index in [0.29, 0.717) is 25.2 Å². The average Bonchev–Trinajstić information content (AvgIpc) is 2.95. The number of benzene rings is 2. The summed E-state index contributed by atoms with van der Waals surface area (Å²) < 4.78 is 63.9. The van der Waals surface area contributed by atoms with E-state index in [-0.39, 0.29) is 29.0 Å². The number of rotatable bonds is 11. The van der Waals surface area contributed by atoms with Gasteiger partial charge >= 0.3 is 0 Å². The predicted molar refractivity (Wildman–Crippen MR) is 151 cm³/mol. The molecule has 2 saturated carbocycles. The molecule has 0 radical (unpaired) electrons. The molecule has 214 valence electrons. The molecule has 4 rings (SSSR count). The molecule has 1 nitrogen and oxygen atoms in total. The van der Waals surface area contributed by atoms with Crippen molar-refractivity contribution in [2.75, 3.05) is 6.61 Å². The second-order valence-corrected chi connectivity index (χ2v) is 11.7. The largest absolute Gasteiger partial charge is 0.490 e. The van der Waals surface area contributed by atoms with Crippen LogP contribution in [0.2, 0.25) is 0 Å². The Bertz CT molecular complexity index is 1090. The molecule has 0 heterocycles. The molecule has 0 bridgehead atoms. The molecule has 0 unspecified atom stereocenters. The molecular formula is C34H44F4O. The Morgan fingerprint density at radius 3 is 1.97 bits per heavy atom. The fourth-order valence-corrected chi connectivity index (χ4v) is 6.75. The topological polar surface area (TPSA) is 9.23 Å². The molecule has 2 aliphatic rings. The van der Waals surface area contributed by atoms with Gasteiger partial charge in [-0.15, -0.1) is 0 Å². The van der Waals surface area contributed by atoms with Crippen LogP contribution in [-0.4, -0.2) is 6.61 Å². The van der Waals surface area contributed by atoms with E-state index in [1.165, 1.54) is 88.5 Å². The summed E-state index contributed by atoms with van der Waals surface area (Å²) in [5.41, 5.74) is -0.364. The van der Waals surface area contributed by atoms with Gasteiger partial charge < -0.3 is 4.74 Å². The SMILES string of the molecule is CCCOc1ccc(-c2ccc(CC/C=C/C3CCC(C4CCC(CCC)CC4)CC3)c(F)c2F)c(F)c1F. The van der Waals surface area contributed by atoms with Crippen LogP contribution in [0, 0.1) is 46.9 Å². The summed E-state index contributed by atoms with van der Waals surface area (Å²) in [5, 5.41) is 0. The minimum atomic E-state index is -1.24. The number of hydrogen-bond acceptors (Lipinski definition) is 1. The molecule has 2 aromatic carbocycles. The van der Waals surface area contributed by atoms with Gasteiger partial charge in [0.25, 0.3) is 0 Å². The van der Waals surface area contributed by atoms with Crippen molar-refractivity contribution < 1.29 is 22.3 Å². The van der Waals surface area contributed by atoms with Gasteiger partial charge in [0.1, 0.15) is 0 Å². The van der Waals surface area contributed by atoms with Crippen molar-refractivity contribution in [1.82, 2.24) is 0 Å². The summed E-state index contributed by atoms with van der Waals surface area (Å²) in [4.78, 5) is 0. The lowest BCUT2D eigenvalue weighted by molar-refractivity contribution is 0.152. The van der Waals surface area contributed by atoms with E-state index >= 15 is 0 Å².